The summed E-state index contributed by atoms with van der Waals surface area (Å²) < 4.78 is 74.5. The Morgan fingerprint density at radius 1 is 0.765 bits per heavy atom. The highest BCUT2D eigenvalue weighted by Gasteiger charge is 2.49. The Bertz CT molecular complexity index is 1110. The van der Waals surface area contributed by atoms with Crippen LogP contribution in [0.5, 0.6) is 0 Å². The molecule has 0 radical (unpaired) electrons. The summed E-state index contributed by atoms with van der Waals surface area (Å²) in [7, 11) is -7.92. The molecule has 0 unspecified atom stereocenters. The SMILES string of the molecule is CS(=O)(=O)OC[C@H]1O[C@H](O)[C@H](OCc2ccccc2)[C@@H](OCc2ccccc2)[C@@H]1OS(C)(=O)=O. The highest BCUT2D eigenvalue weighted by atomic mass is 32.2. The fraction of sp³-hybridized carbons (Fsp3) is 0.455. The summed E-state index contributed by atoms with van der Waals surface area (Å²) in [6.45, 7) is -0.466. The topological polar surface area (TPSA) is 135 Å². The van der Waals surface area contributed by atoms with Crippen LogP contribution in [0.4, 0.5) is 0 Å². The van der Waals surface area contributed by atoms with Gasteiger partial charge in [0.1, 0.15) is 24.4 Å². The molecule has 0 saturated carbocycles. The summed E-state index contributed by atoms with van der Waals surface area (Å²) in [5.41, 5.74) is 1.59. The monoisotopic (exact) mass is 516 g/mol. The zero-order valence-electron chi connectivity index (χ0n) is 18.7. The molecule has 1 fully saturated rings. The molecule has 2 aromatic rings. The molecule has 188 valence electrons. The van der Waals surface area contributed by atoms with Crippen LogP contribution in [0.2, 0.25) is 0 Å². The zero-order valence-corrected chi connectivity index (χ0v) is 20.4. The largest absolute Gasteiger partial charge is 0.368 e. The van der Waals surface area contributed by atoms with Crippen molar-refractivity contribution in [2.45, 2.75) is 43.9 Å². The normalized spacial score (nSPS) is 25.8. The number of aliphatic hydroxyl groups is 1. The van der Waals surface area contributed by atoms with E-state index in [4.69, 9.17) is 22.6 Å². The number of aliphatic hydroxyl groups excluding tert-OH is 1. The maximum Gasteiger partial charge on any atom is 0.264 e. The summed E-state index contributed by atoms with van der Waals surface area (Å²) in [6.07, 6.45) is -4.81. The second-order valence-electron chi connectivity index (χ2n) is 7.84. The fourth-order valence-corrected chi connectivity index (χ4v) is 4.46. The Morgan fingerprint density at radius 2 is 1.26 bits per heavy atom. The molecule has 1 heterocycles. The van der Waals surface area contributed by atoms with Crippen molar-refractivity contribution in [2.75, 3.05) is 19.1 Å². The average Bonchev–Trinajstić information content (AvgIpc) is 2.77. The Kier molecular flexibility index (Phi) is 9.18. The predicted octanol–water partition coefficient (Wildman–Crippen LogP) is 1.20. The first-order chi connectivity index (χ1) is 16.0. The molecule has 34 heavy (non-hydrogen) atoms. The van der Waals surface area contributed by atoms with E-state index in [1.807, 2.05) is 60.7 Å². The van der Waals surface area contributed by atoms with Crippen LogP contribution in [-0.4, -0.2) is 71.8 Å². The fourth-order valence-electron chi connectivity index (χ4n) is 3.44. The Labute approximate surface area is 199 Å². The minimum Gasteiger partial charge on any atom is -0.368 e. The van der Waals surface area contributed by atoms with Gasteiger partial charge in [-0.3, -0.25) is 8.37 Å². The highest BCUT2D eigenvalue weighted by Crippen LogP contribution is 2.30. The predicted molar refractivity (Wildman–Crippen MR) is 121 cm³/mol. The lowest BCUT2D eigenvalue weighted by atomic mass is 9.98. The van der Waals surface area contributed by atoms with Crippen molar-refractivity contribution in [1.82, 2.24) is 0 Å². The molecule has 0 aromatic heterocycles. The summed E-state index contributed by atoms with van der Waals surface area (Å²) in [5, 5.41) is 10.7. The van der Waals surface area contributed by atoms with Gasteiger partial charge in [0.2, 0.25) is 0 Å². The lowest BCUT2D eigenvalue weighted by molar-refractivity contribution is -0.301. The van der Waals surface area contributed by atoms with E-state index in [9.17, 15) is 21.9 Å². The quantitative estimate of drug-likeness (QED) is 0.434. The summed E-state index contributed by atoms with van der Waals surface area (Å²) >= 11 is 0. The molecule has 1 saturated heterocycles. The third kappa shape index (κ3) is 8.40. The Hall–Kier alpha value is -1.90. The van der Waals surface area contributed by atoms with Gasteiger partial charge in [-0.1, -0.05) is 60.7 Å². The van der Waals surface area contributed by atoms with Crippen molar-refractivity contribution in [1.29, 1.82) is 0 Å². The molecule has 0 bridgehead atoms. The molecule has 0 aliphatic carbocycles. The molecular weight excluding hydrogens is 488 g/mol. The third-order valence-corrected chi connectivity index (χ3v) is 6.05. The molecular formula is C22H28O10S2. The summed E-state index contributed by atoms with van der Waals surface area (Å²) in [6, 6.07) is 18.2. The standard InChI is InChI=1S/C22H28O10S2/c1-33(24,25)30-15-18-19(32-34(2,26)27)20(28-13-16-9-5-3-6-10-16)21(22(23)31-18)29-14-17-11-7-4-8-12-17/h3-12,18-23H,13-15H2,1-2H3/t18-,19-,20+,21-,22+/m1/s1. The van der Waals surface area contributed by atoms with Gasteiger partial charge in [-0.05, 0) is 11.1 Å². The second-order valence-corrected chi connectivity index (χ2v) is 11.1. The van der Waals surface area contributed by atoms with Gasteiger partial charge in [-0.2, -0.15) is 16.8 Å². The molecule has 3 rings (SSSR count). The van der Waals surface area contributed by atoms with Gasteiger partial charge in [-0.25, -0.2) is 0 Å². The van der Waals surface area contributed by atoms with Crippen molar-refractivity contribution < 1.29 is 44.5 Å². The maximum absolute atomic E-state index is 12.0. The smallest absolute Gasteiger partial charge is 0.264 e. The second kappa shape index (κ2) is 11.7. The number of rotatable bonds is 11. The van der Waals surface area contributed by atoms with E-state index in [0.717, 1.165) is 23.6 Å². The van der Waals surface area contributed by atoms with E-state index >= 15 is 0 Å². The molecule has 1 aliphatic heterocycles. The molecule has 2 aromatic carbocycles. The van der Waals surface area contributed by atoms with E-state index in [0.29, 0.717) is 0 Å². The van der Waals surface area contributed by atoms with Gasteiger partial charge in [-0.15, -0.1) is 0 Å². The van der Waals surface area contributed by atoms with Crippen molar-refractivity contribution >= 4 is 20.2 Å². The molecule has 5 atom stereocenters. The van der Waals surface area contributed by atoms with Crippen LogP contribution in [0, 0.1) is 0 Å². The van der Waals surface area contributed by atoms with Crippen LogP contribution in [0.25, 0.3) is 0 Å². The summed E-state index contributed by atoms with van der Waals surface area (Å²) in [5.74, 6) is 0. The molecule has 10 nitrogen and oxygen atoms in total. The van der Waals surface area contributed by atoms with Crippen LogP contribution in [0.3, 0.4) is 0 Å². The van der Waals surface area contributed by atoms with E-state index in [1.165, 1.54) is 0 Å². The third-order valence-electron chi connectivity index (χ3n) is 4.91. The first-order valence-electron chi connectivity index (χ1n) is 10.4. The lowest BCUT2D eigenvalue weighted by Crippen LogP contribution is -2.61. The van der Waals surface area contributed by atoms with Crippen LogP contribution in [-0.2, 0) is 56.0 Å². The van der Waals surface area contributed by atoms with E-state index < -0.39 is 57.5 Å². The molecule has 1 N–H and O–H groups in total. The van der Waals surface area contributed by atoms with Gasteiger partial charge < -0.3 is 19.3 Å². The molecule has 1 aliphatic rings. The van der Waals surface area contributed by atoms with Gasteiger partial charge in [0, 0.05) is 0 Å². The van der Waals surface area contributed by atoms with E-state index in [2.05, 4.69) is 0 Å². The lowest BCUT2D eigenvalue weighted by Gasteiger charge is -2.43. The minimum absolute atomic E-state index is 0.0483. The summed E-state index contributed by atoms with van der Waals surface area (Å²) in [4.78, 5) is 0. The zero-order chi connectivity index (χ0) is 24.8. The van der Waals surface area contributed by atoms with Crippen LogP contribution >= 0.6 is 0 Å². The Morgan fingerprint density at radius 3 is 1.74 bits per heavy atom. The van der Waals surface area contributed by atoms with Crippen molar-refractivity contribution in [2.24, 2.45) is 0 Å². The number of hydrogen-bond acceptors (Lipinski definition) is 10. The van der Waals surface area contributed by atoms with Gasteiger partial charge in [0.15, 0.2) is 6.29 Å². The number of ether oxygens (including phenoxy) is 3. The van der Waals surface area contributed by atoms with Crippen LogP contribution in [0.15, 0.2) is 60.7 Å². The Balaban J connectivity index is 1.88. The average molecular weight is 517 g/mol. The number of benzene rings is 2. The molecule has 0 amide bonds. The van der Waals surface area contributed by atoms with E-state index in [1.54, 1.807) is 0 Å². The molecule has 12 heteroatoms. The van der Waals surface area contributed by atoms with Crippen molar-refractivity contribution in [3.63, 3.8) is 0 Å². The van der Waals surface area contributed by atoms with Crippen LogP contribution < -0.4 is 0 Å². The van der Waals surface area contributed by atoms with Crippen molar-refractivity contribution in [3.8, 4) is 0 Å². The first-order valence-corrected chi connectivity index (χ1v) is 14.0. The van der Waals surface area contributed by atoms with Gasteiger partial charge in [0.05, 0.1) is 32.3 Å². The minimum atomic E-state index is -4.04. The maximum atomic E-state index is 12.0. The van der Waals surface area contributed by atoms with E-state index in [-0.39, 0.29) is 13.2 Å². The highest BCUT2D eigenvalue weighted by molar-refractivity contribution is 7.86. The van der Waals surface area contributed by atoms with Gasteiger partial charge >= 0.3 is 0 Å². The van der Waals surface area contributed by atoms with Gasteiger partial charge in [0.25, 0.3) is 20.2 Å². The molecule has 0 spiro atoms. The number of hydrogen-bond donors (Lipinski definition) is 1. The van der Waals surface area contributed by atoms with Crippen LogP contribution in [0.1, 0.15) is 11.1 Å². The van der Waals surface area contributed by atoms with Crippen molar-refractivity contribution in [3.05, 3.63) is 71.8 Å². The first kappa shape index (κ1) is 26.7.